The standard InChI is InChI=1S/C24H17ClN4O2S/c25-21-9-5-4-6-18(21)14-24-28-16-23(29-24)22-13-17(10-11-27-22)12-20(15-26)32(30,31)19-7-2-1-3-8-19/h1-13,16H,14H2,(H,28,29). The Morgan fingerprint density at radius 2 is 1.81 bits per heavy atom. The molecule has 0 unspecified atom stereocenters. The molecule has 6 nitrogen and oxygen atoms in total. The molecule has 2 aromatic carbocycles. The number of nitrogens with zero attached hydrogens (tertiary/aromatic N) is 3. The minimum absolute atomic E-state index is 0.0681. The van der Waals surface area contributed by atoms with E-state index in [0.29, 0.717) is 28.4 Å². The predicted molar refractivity (Wildman–Crippen MR) is 123 cm³/mol. The van der Waals surface area contributed by atoms with Crippen LogP contribution in [-0.4, -0.2) is 23.4 Å². The molecule has 8 heteroatoms. The Morgan fingerprint density at radius 3 is 2.56 bits per heavy atom. The van der Waals surface area contributed by atoms with Gasteiger partial charge in [-0.15, -0.1) is 0 Å². The highest BCUT2D eigenvalue weighted by molar-refractivity contribution is 7.95. The molecule has 0 bridgehead atoms. The van der Waals surface area contributed by atoms with Crippen LogP contribution in [0.4, 0.5) is 0 Å². The Balaban J connectivity index is 1.62. The van der Waals surface area contributed by atoms with Crippen LogP contribution in [0.5, 0.6) is 0 Å². The molecular weight excluding hydrogens is 444 g/mol. The number of hydrogen-bond acceptors (Lipinski definition) is 5. The molecule has 0 amide bonds. The second kappa shape index (κ2) is 9.18. The number of pyridine rings is 1. The van der Waals surface area contributed by atoms with Gasteiger partial charge in [0.05, 0.1) is 10.6 Å². The average molecular weight is 461 g/mol. The molecule has 0 fully saturated rings. The van der Waals surface area contributed by atoms with Crippen LogP contribution in [0.2, 0.25) is 5.02 Å². The Morgan fingerprint density at radius 1 is 1.06 bits per heavy atom. The van der Waals surface area contributed by atoms with Crippen LogP contribution in [0.25, 0.3) is 17.5 Å². The van der Waals surface area contributed by atoms with E-state index in [4.69, 9.17) is 11.6 Å². The van der Waals surface area contributed by atoms with Crippen LogP contribution in [0, 0.1) is 11.3 Å². The van der Waals surface area contributed by atoms with Gasteiger partial charge in [0.15, 0.2) is 0 Å². The number of hydrogen-bond donors (Lipinski definition) is 1. The summed E-state index contributed by atoms with van der Waals surface area (Å²) < 4.78 is 25.6. The SMILES string of the molecule is N#CC(=Cc1ccnc(-c2c[nH]c(Cc3ccccc3Cl)n2)c1)S(=O)(=O)c1ccccc1. The Hall–Kier alpha value is -3.73. The Labute approximate surface area is 190 Å². The van der Waals surface area contributed by atoms with Crippen molar-refractivity contribution in [1.29, 1.82) is 5.26 Å². The van der Waals surface area contributed by atoms with Crippen LogP contribution in [0.1, 0.15) is 17.0 Å². The van der Waals surface area contributed by atoms with Crippen molar-refractivity contribution in [3.63, 3.8) is 0 Å². The molecule has 4 rings (SSSR count). The third-order valence-electron chi connectivity index (χ3n) is 4.74. The number of allylic oxidation sites excluding steroid dienone is 1. The molecule has 0 spiro atoms. The van der Waals surface area contributed by atoms with Gasteiger partial charge >= 0.3 is 0 Å². The maximum Gasteiger partial charge on any atom is 0.216 e. The number of aromatic amines is 1. The maximum atomic E-state index is 12.8. The lowest BCUT2D eigenvalue weighted by atomic mass is 10.1. The minimum atomic E-state index is -3.92. The highest BCUT2D eigenvalue weighted by Crippen LogP contribution is 2.24. The highest BCUT2D eigenvalue weighted by atomic mass is 35.5. The van der Waals surface area contributed by atoms with Crippen molar-refractivity contribution < 1.29 is 8.42 Å². The molecule has 0 radical (unpaired) electrons. The fourth-order valence-electron chi connectivity index (χ4n) is 3.13. The normalized spacial score (nSPS) is 11.8. The predicted octanol–water partition coefficient (Wildman–Crippen LogP) is 5.05. The topological polar surface area (TPSA) is 99.5 Å². The summed E-state index contributed by atoms with van der Waals surface area (Å²) in [6.45, 7) is 0. The van der Waals surface area contributed by atoms with E-state index >= 15 is 0 Å². The van der Waals surface area contributed by atoms with E-state index in [9.17, 15) is 13.7 Å². The van der Waals surface area contributed by atoms with Crippen LogP contribution < -0.4 is 0 Å². The molecule has 4 aromatic rings. The molecule has 0 saturated heterocycles. The molecule has 2 aromatic heterocycles. The van der Waals surface area contributed by atoms with Gasteiger partial charge in [-0.1, -0.05) is 48.0 Å². The van der Waals surface area contributed by atoms with Gasteiger partial charge in [-0.3, -0.25) is 4.98 Å². The van der Waals surface area contributed by atoms with Crippen molar-refractivity contribution in [2.24, 2.45) is 0 Å². The number of halogens is 1. The van der Waals surface area contributed by atoms with Gasteiger partial charge < -0.3 is 4.98 Å². The van der Waals surface area contributed by atoms with Gasteiger partial charge in [-0.25, -0.2) is 13.4 Å². The third-order valence-corrected chi connectivity index (χ3v) is 6.79. The van der Waals surface area contributed by atoms with Gasteiger partial charge in [0, 0.05) is 23.8 Å². The summed E-state index contributed by atoms with van der Waals surface area (Å²) in [5, 5.41) is 10.2. The summed E-state index contributed by atoms with van der Waals surface area (Å²) in [5.41, 5.74) is 2.63. The van der Waals surface area contributed by atoms with Crippen LogP contribution >= 0.6 is 11.6 Å². The second-order valence-corrected chi connectivity index (χ2v) is 9.24. The van der Waals surface area contributed by atoms with Crippen molar-refractivity contribution >= 4 is 27.5 Å². The molecule has 0 aliphatic heterocycles. The quantitative estimate of drug-likeness (QED) is 0.405. The van der Waals surface area contributed by atoms with E-state index in [2.05, 4.69) is 15.0 Å². The zero-order valence-corrected chi connectivity index (χ0v) is 18.3. The largest absolute Gasteiger partial charge is 0.348 e. The van der Waals surface area contributed by atoms with Gasteiger partial charge in [-0.05, 0) is 47.5 Å². The van der Waals surface area contributed by atoms with Crippen molar-refractivity contribution in [3.8, 4) is 17.5 Å². The van der Waals surface area contributed by atoms with Crippen LogP contribution in [-0.2, 0) is 16.3 Å². The molecule has 158 valence electrons. The number of H-pyrrole nitrogens is 1. The number of benzene rings is 2. The van der Waals surface area contributed by atoms with E-state index < -0.39 is 9.84 Å². The Bertz CT molecular complexity index is 1440. The lowest BCUT2D eigenvalue weighted by molar-refractivity contribution is 0.603. The zero-order valence-electron chi connectivity index (χ0n) is 16.7. The summed E-state index contributed by atoms with van der Waals surface area (Å²) >= 11 is 6.23. The van der Waals surface area contributed by atoms with Crippen molar-refractivity contribution in [2.45, 2.75) is 11.3 Å². The van der Waals surface area contributed by atoms with E-state index in [1.165, 1.54) is 18.2 Å². The van der Waals surface area contributed by atoms with Crippen molar-refractivity contribution in [2.75, 3.05) is 0 Å². The fourth-order valence-corrected chi connectivity index (χ4v) is 4.51. The first kappa shape index (κ1) is 21.5. The molecular formula is C24H17ClN4O2S. The summed E-state index contributed by atoms with van der Waals surface area (Å²) in [6, 6.07) is 20.5. The number of sulfone groups is 1. The first-order valence-corrected chi connectivity index (χ1v) is 11.5. The number of nitrogens with one attached hydrogen (secondary N) is 1. The molecule has 32 heavy (non-hydrogen) atoms. The summed E-state index contributed by atoms with van der Waals surface area (Å²) in [7, 11) is -3.92. The van der Waals surface area contributed by atoms with E-state index in [-0.39, 0.29) is 9.80 Å². The Kier molecular flexibility index (Phi) is 6.17. The smallest absolute Gasteiger partial charge is 0.216 e. The molecule has 1 N–H and O–H groups in total. The summed E-state index contributed by atoms with van der Waals surface area (Å²) in [4.78, 5) is 11.8. The number of rotatable bonds is 6. The zero-order chi connectivity index (χ0) is 22.6. The van der Waals surface area contributed by atoms with Gasteiger partial charge in [0.1, 0.15) is 22.5 Å². The maximum absolute atomic E-state index is 12.8. The molecule has 2 heterocycles. The monoisotopic (exact) mass is 460 g/mol. The van der Waals surface area contributed by atoms with Crippen LogP contribution in [0.3, 0.4) is 0 Å². The second-order valence-electron chi connectivity index (χ2n) is 6.91. The molecule has 0 saturated carbocycles. The molecule has 0 aliphatic carbocycles. The fraction of sp³-hybridized carbons (Fsp3) is 0.0417. The lowest BCUT2D eigenvalue weighted by Crippen LogP contribution is -2.03. The van der Waals surface area contributed by atoms with Crippen molar-refractivity contribution in [1.82, 2.24) is 15.0 Å². The number of nitriles is 1. The molecule has 0 atom stereocenters. The summed E-state index contributed by atoms with van der Waals surface area (Å²) in [5.74, 6) is 0.722. The van der Waals surface area contributed by atoms with E-state index in [1.807, 2.05) is 24.3 Å². The number of aromatic nitrogens is 3. The minimum Gasteiger partial charge on any atom is -0.348 e. The first-order valence-electron chi connectivity index (χ1n) is 9.63. The molecule has 0 aliphatic rings. The van der Waals surface area contributed by atoms with Gasteiger partial charge in [0.25, 0.3) is 0 Å². The number of imidazole rings is 1. The third kappa shape index (κ3) is 4.62. The highest BCUT2D eigenvalue weighted by Gasteiger charge is 2.20. The lowest BCUT2D eigenvalue weighted by Gasteiger charge is -2.03. The van der Waals surface area contributed by atoms with E-state index in [0.717, 1.165) is 11.4 Å². The summed E-state index contributed by atoms with van der Waals surface area (Å²) in [6.07, 6.45) is 5.15. The van der Waals surface area contributed by atoms with Gasteiger partial charge in [0.2, 0.25) is 9.84 Å². The first-order chi connectivity index (χ1) is 15.5. The average Bonchev–Trinajstić information content (AvgIpc) is 3.28. The van der Waals surface area contributed by atoms with E-state index in [1.54, 1.807) is 48.8 Å². The van der Waals surface area contributed by atoms with Crippen LogP contribution in [0.15, 0.2) is 88.9 Å². The van der Waals surface area contributed by atoms with Gasteiger partial charge in [-0.2, -0.15) is 5.26 Å². The van der Waals surface area contributed by atoms with Crippen molar-refractivity contribution in [3.05, 3.63) is 106 Å².